The Kier molecular flexibility index (Phi) is 4.90. The molecule has 2 fully saturated rings. The molecule has 0 N–H and O–H groups in total. The third-order valence-corrected chi connectivity index (χ3v) is 5.35. The smallest absolute Gasteiger partial charge is 0.228 e. The largest absolute Gasteiger partial charge is 0.470 e. The van der Waals surface area contributed by atoms with Crippen molar-refractivity contribution in [1.29, 1.82) is 0 Å². The standard InChI is InChI=1S/C19H21ClFN3O3/c1-10(9-26-2)14-5-23-18(15-6-22-17(20)4-12(14)15)27-11-7-24(8-11)19(25)13-3-16(13)21/h4-6,10-11,13,16H,3,7-9H2,1-2H3/t10-,13+,16-/m0/s1. The molecule has 2 aromatic heterocycles. The van der Waals surface area contributed by atoms with E-state index in [9.17, 15) is 9.18 Å². The van der Waals surface area contributed by atoms with Crippen LogP contribution in [0.5, 0.6) is 5.88 Å². The molecule has 8 heteroatoms. The van der Waals surface area contributed by atoms with Gasteiger partial charge in [-0.3, -0.25) is 4.79 Å². The van der Waals surface area contributed by atoms with Crippen molar-refractivity contribution in [3.05, 3.63) is 29.2 Å². The third kappa shape index (κ3) is 3.58. The molecule has 0 radical (unpaired) electrons. The van der Waals surface area contributed by atoms with Crippen molar-refractivity contribution >= 4 is 28.3 Å². The van der Waals surface area contributed by atoms with Crippen molar-refractivity contribution in [2.24, 2.45) is 5.92 Å². The third-order valence-electron chi connectivity index (χ3n) is 5.15. The van der Waals surface area contributed by atoms with Gasteiger partial charge in [0.15, 0.2) is 0 Å². The molecule has 27 heavy (non-hydrogen) atoms. The number of nitrogens with zero attached hydrogens (tertiary/aromatic N) is 3. The van der Waals surface area contributed by atoms with E-state index in [0.29, 0.717) is 37.2 Å². The van der Waals surface area contributed by atoms with E-state index in [2.05, 4.69) is 16.9 Å². The minimum Gasteiger partial charge on any atom is -0.470 e. The van der Waals surface area contributed by atoms with E-state index in [0.717, 1.165) is 16.3 Å². The van der Waals surface area contributed by atoms with Crippen LogP contribution in [0.2, 0.25) is 5.15 Å². The van der Waals surface area contributed by atoms with Crippen molar-refractivity contribution in [2.45, 2.75) is 31.5 Å². The molecule has 4 rings (SSSR count). The van der Waals surface area contributed by atoms with Crippen LogP contribution in [0.15, 0.2) is 18.5 Å². The summed E-state index contributed by atoms with van der Waals surface area (Å²) in [6, 6.07) is 1.80. The van der Waals surface area contributed by atoms with E-state index in [1.165, 1.54) is 0 Å². The number of hydrogen-bond acceptors (Lipinski definition) is 5. The van der Waals surface area contributed by atoms with Gasteiger partial charge in [0.05, 0.1) is 31.0 Å². The summed E-state index contributed by atoms with van der Waals surface area (Å²) in [7, 11) is 1.66. The molecule has 0 spiro atoms. The molecule has 144 valence electrons. The highest BCUT2D eigenvalue weighted by Gasteiger charge is 2.48. The SMILES string of the molecule is COC[C@H](C)c1cnc(OC2CN(C(=O)[C@@H]3C[C@@H]3F)C2)c2cnc(Cl)cc12. The maximum absolute atomic E-state index is 13.0. The summed E-state index contributed by atoms with van der Waals surface area (Å²) in [5, 5.41) is 2.10. The first-order chi connectivity index (χ1) is 13.0. The maximum Gasteiger partial charge on any atom is 0.228 e. The van der Waals surface area contributed by atoms with Crippen LogP contribution in [0.1, 0.15) is 24.8 Å². The summed E-state index contributed by atoms with van der Waals surface area (Å²) in [6.45, 7) is 3.52. The number of hydrogen-bond donors (Lipinski definition) is 0. The Labute approximate surface area is 161 Å². The van der Waals surface area contributed by atoms with Gasteiger partial charge in [-0.05, 0) is 23.4 Å². The molecule has 0 aromatic carbocycles. The van der Waals surface area contributed by atoms with Crippen LogP contribution in [0, 0.1) is 5.92 Å². The molecule has 1 saturated heterocycles. The highest BCUT2D eigenvalue weighted by atomic mass is 35.5. The van der Waals surface area contributed by atoms with Gasteiger partial charge in [-0.2, -0.15) is 0 Å². The number of methoxy groups -OCH3 is 1. The number of aromatic nitrogens is 2. The van der Waals surface area contributed by atoms with Gasteiger partial charge in [-0.25, -0.2) is 14.4 Å². The Morgan fingerprint density at radius 2 is 2.11 bits per heavy atom. The average molecular weight is 394 g/mol. The zero-order valence-electron chi connectivity index (χ0n) is 15.2. The zero-order chi connectivity index (χ0) is 19.1. The normalized spacial score (nSPS) is 23.2. The lowest BCUT2D eigenvalue weighted by atomic mass is 9.98. The molecule has 2 aliphatic rings. The number of rotatable bonds is 6. The second-order valence-corrected chi connectivity index (χ2v) is 7.66. The molecule has 0 unspecified atom stereocenters. The fraction of sp³-hybridized carbons (Fsp3) is 0.526. The summed E-state index contributed by atoms with van der Waals surface area (Å²) in [6.07, 6.45) is 2.65. The van der Waals surface area contributed by atoms with Crippen LogP contribution in [0.3, 0.4) is 0 Å². The highest BCUT2D eigenvalue weighted by molar-refractivity contribution is 6.30. The van der Waals surface area contributed by atoms with Crippen molar-refractivity contribution in [2.75, 3.05) is 26.8 Å². The number of alkyl halides is 1. The minimum absolute atomic E-state index is 0.114. The molecule has 3 atom stereocenters. The lowest BCUT2D eigenvalue weighted by Gasteiger charge is -2.39. The van der Waals surface area contributed by atoms with Crippen LogP contribution < -0.4 is 4.74 Å². The molecular weight excluding hydrogens is 373 g/mol. The average Bonchev–Trinajstić information content (AvgIpc) is 3.33. The van der Waals surface area contributed by atoms with Gasteiger partial charge in [-0.1, -0.05) is 18.5 Å². The van der Waals surface area contributed by atoms with Gasteiger partial charge < -0.3 is 14.4 Å². The van der Waals surface area contributed by atoms with Crippen LogP contribution in [0.25, 0.3) is 10.8 Å². The fourth-order valence-corrected chi connectivity index (χ4v) is 3.60. The Hall–Kier alpha value is -1.99. The number of carbonyl (C=O) groups is 1. The summed E-state index contributed by atoms with van der Waals surface area (Å²) in [5.74, 6) is 0.0473. The van der Waals surface area contributed by atoms with Gasteiger partial charge >= 0.3 is 0 Å². The summed E-state index contributed by atoms with van der Waals surface area (Å²) in [4.78, 5) is 22.3. The van der Waals surface area contributed by atoms with Crippen LogP contribution in [-0.4, -0.2) is 59.9 Å². The number of carbonyl (C=O) groups excluding carboxylic acids is 1. The van der Waals surface area contributed by atoms with Crippen LogP contribution in [-0.2, 0) is 9.53 Å². The zero-order valence-corrected chi connectivity index (χ0v) is 15.9. The molecule has 0 bridgehead atoms. The Morgan fingerprint density at radius 1 is 1.37 bits per heavy atom. The Morgan fingerprint density at radius 3 is 2.78 bits per heavy atom. The topological polar surface area (TPSA) is 64.6 Å². The van der Waals surface area contributed by atoms with Gasteiger partial charge in [0.25, 0.3) is 0 Å². The molecule has 1 aliphatic heterocycles. The van der Waals surface area contributed by atoms with E-state index < -0.39 is 12.1 Å². The van der Waals surface area contributed by atoms with Gasteiger partial charge in [-0.15, -0.1) is 0 Å². The highest BCUT2D eigenvalue weighted by Crippen LogP contribution is 2.37. The van der Waals surface area contributed by atoms with E-state index in [1.54, 1.807) is 30.5 Å². The van der Waals surface area contributed by atoms with Gasteiger partial charge in [0.2, 0.25) is 11.8 Å². The van der Waals surface area contributed by atoms with Crippen molar-refractivity contribution in [3.63, 3.8) is 0 Å². The lowest BCUT2D eigenvalue weighted by molar-refractivity contribution is -0.141. The molecule has 6 nitrogen and oxygen atoms in total. The van der Waals surface area contributed by atoms with Crippen molar-refractivity contribution in [3.8, 4) is 5.88 Å². The first-order valence-corrected chi connectivity index (χ1v) is 9.38. The second kappa shape index (κ2) is 7.20. The molecule has 1 amide bonds. The van der Waals surface area contributed by atoms with E-state index in [4.69, 9.17) is 21.1 Å². The minimum atomic E-state index is -0.972. The number of pyridine rings is 2. The molecule has 3 heterocycles. The van der Waals surface area contributed by atoms with E-state index >= 15 is 0 Å². The number of amides is 1. The molecule has 1 saturated carbocycles. The number of fused-ring (bicyclic) bond motifs is 1. The fourth-order valence-electron chi connectivity index (χ4n) is 3.44. The second-order valence-electron chi connectivity index (χ2n) is 7.27. The summed E-state index contributed by atoms with van der Waals surface area (Å²) < 4.78 is 24.3. The number of ether oxygens (including phenoxy) is 2. The predicted octanol–water partition coefficient (Wildman–Crippen LogP) is 2.98. The lowest BCUT2D eigenvalue weighted by Crippen LogP contribution is -2.56. The molecular formula is C19H21ClFN3O3. The quantitative estimate of drug-likeness (QED) is 0.706. The Balaban J connectivity index is 1.51. The Bertz CT molecular complexity index is 875. The van der Waals surface area contributed by atoms with Gasteiger partial charge in [0, 0.05) is 25.4 Å². The van der Waals surface area contributed by atoms with Crippen LogP contribution in [0.4, 0.5) is 4.39 Å². The van der Waals surface area contributed by atoms with Crippen LogP contribution >= 0.6 is 11.6 Å². The monoisotopic (exact) mass is 393 g/mol. The van der Waals surface area contributed by atoms with Crippen molar-refractivity contribution < 1.29 is 18.7 Å². The molecule has 1 aliphatic carbocycles. The number of likely N-dealkylation sites (tertiary alicyclic amines) is 1. The van der Waals surface area contributed by atoms with Crippen molar-refractivity contribution in [1.82, 2.24) is 14.9 Å². The summed E-state index contributed by atoms with van der Waals surface area (Å²) in [5.41, 5.74) is 1.01. The van der Waals surface area contributed by atoms with E-state index in [1.807, 2.05) is 0 Å². The summed E-state index contributed by atoms with van der Waals surface area (Å²) >= 11 is 6.09. The van der Waals surface area contributed by atoms with E-state index in [-0.39, 0.29) is 17.9 Å². The van der Waals surface area contributed by atoms with Gasteiger partial charge in [0.1, 0.15) is 17.4 Å². The molecule has 2 aromatic rings. The number of halogens is 2. The predicted molar refractivity (Wildman–Crippen MR) is 98.8 cm³/mol. The first kappa shape index (κ1) is 18.4. The maximum atomic E-state index is 13.0. The first-order valence-electron chi connectivity index (χ1n) is 9.00.